The third-order valence-corrected chi connectivity index (χ3v) is 4.00. The van der Waals surface area contributed by atoms with Gasteiger partial charge in [0.15, 0.2) is 5.69 Å². The average Bonchev–Trinajstić information content (AvgIpc) is 3.03. The van der Waals surface area contributed by atoms with Gasteiger partial charge in [-0.3, -0.25) is 4.79 Å². The van der Waals surface area contributed by atoms with Crippen LogP contribution in [0.25, 0.3) is 0 Å². The molecule has 24 heavy (non-hydrogen) atoms. The Balaban J connectivity index is 1.61. The number of aromatic nitrogens is 3. The van der Waals surface area contributed by atoms with Crippen molar-refractivity contribution in [1.29, 1.82) is 0 Å². The summed E-state index contributed by atoms with van der Waals surface area (Å²) in [5.41, 5.74) is 2.13. The number of hydrogen-bond donors (Lipinski definition) is 1. The average molecular weight is 361 g/mol. The van der Waals surface area contributed by atoms with Crippen LogP contribution in [0.4, 0.5) is 0 Å². The number of hydrogen-bond acceptors (Lipinski definition) is 3. The largest absolute Gasteiger partial charge is 0.346 e. The number of carbonyl (C=O) groups excluding carboxylic acids is 1. The Bertz CT molecular complexity index is 849. The van der Waals surface area contributed by atoms with E-state index in [2.05, 4.69) is 15.6 Å². The normalized spacial score (nSPS) is 10.6. The van der Waals surface area contributed by atoms with Crippen LogP contribution in [0, 0.1) is 0 Å². The molecule has 5 nitrogen and oxygen atoms in total. The number of halogens is 2. The van der Waals surface area contributed by atoms with Gasteiger partial charge in [0.25, 0.3) is 5.91 Å². The fourth-order valence-electron chi connectivity index (χ4n) is 2.18. The molecular formula is C17H14Cl2N4O. The predicted molar refractivity (Wildman–Crippen MR) is 93.2 cm³/mol. The van der Waals surface area contributed by atoms with Crippen molar-refractivity contribution >= 4 is 29.1 Å². The number of nitrogens with one attached hydrogen (secondary N) is 1. The highest BCUT2D eigenvalue weighted by Crippen LogP contribution is 2.20. The zero-order chi connectivity index (χ0) is 16.9. The molecule has 0 aliphatic rings. The first kappa shape index (κ1) is 16.5. The van der Waals surface area contributed by atoms with Gasteiger partial charge in [-0.25, -0.2) is 4.68 Å². The lowest BCUT2D eigenvalue weighted by Gasteiger charge is -2.05. The molecule has 7 heteroatoms. The van der Waals surface area contributed by atoms with Crippen molar-refractivity contribution in [1.82, 2.24) is 20.3 Å². The van der Waals surface area contributed by atoms with Crippen molar-refractivity contribution in [2.75, 3.05) is 0 Å². The monoisotopic (exact) mass is 360 g/mol. The Labute approximate surface area is 149 Å². The lowest BCUT2D eigenvalue weighted by Crippen LogP contribution is -2.23. The standard InChI is InChI=1S/C17H14Cl2N4O/c18-14-7-6-13(15(19)8-14)9-20-17(24)16-11-23(22-21-16)10-12-4-2-1-3-5-12/h1-8,11H,9-10H2,(H,20,24). The number of amides is 1. The Kier molecular flexibility index (Phi) is 5.13. The van der Waals surface area contributed by atoms with E-state index in [4.69, 9.17) is 23.2 Å². The second kappa shape index (κ2) is 7.47. The van der Waals surface area contributed by atoms with E-state index in [1.807, 2.05) is 30.3 Å². The van der Waals surface area contributed by atoms with Gasteiger partial charge < -0.3 is 5.32 Å². The highest BCUT2D eigenvalue weighted by molar-refractivity contribution is 6.35. The fraction of sp³-hybridized carbons (Fsp3) is 0.118. The number of rotatable bonds is 5. The molecule has 0 bridgehead atoms. The van der Waals surface area contributed by atoms with E-state index in [-0.39, 0.29) is 11.6 Å². The summed E-state index contributed by atoms with van der Waals surface area (Å²) in [6, 6.07) is 15.0. The topological polar surface area (TPSA) is 59.8 Å². The van der Waals surface area contributed by atoms with Crippen LogP contribution in [0.3, 0.4) is 0 Å². The predicted octanol–water partition coefficient (Wildman–Crippen LogP) is 3.56. The highest BCUT2D eigenvalue weighted by atomic mass is 35.5. The summed E-state index contributed by atoms with van der Waals surface area (Å²) in [7, 11) is 0. The quantitative estimate of drug-likeness (QED) is 0.756. The van der Waals surface area contributed by atoms with Crippen LogP contribution < -0.4 is 5.32 Å². The van der Waals surface area contributed by atoms with E-state index < -0.39 is 0 Å². The first-order valence-corrected chi connectivity index (χ1v) is 8.03. The molecule has 3 rings (SSSR count). The number of carbonyl (C=O) groups is 1. The van der Waals surface area contributed by atoms with Crippen molar-refractivity contribution in [3.05, 3.63) is 81.6 Å². The highest BCUT2D eigenvalue weighted by Gasteiger charge is 2.11. The van der Waals surface area contributed by atoms with Crippen molar-refractivity contribution in [3.63, 3.8) is 0 Å². The molecule has 0 saturated carbocycles. The fourth-order valence-corrected chi connectivity index (χ4v) is 2.66. The molecule has 0 spiro atoms. The molecule has 1 aromatic heterocycles. The maximum absolute atomic E-state index is 12.2. The van der Waals surface area contributed by atoms with Gasteiger partial charge in [-0.2, -0.15) is 0 Å². The van der Waals surface area contributed by atoms with Crippen molar-refractivity contribution in [2.24, 2.45) is 0 Å². The van der Waals surface area contributed by atoms with E-state index in [0.717, 1.165) is 11.1 Å². The molecule has 1 heterocycles. The van der Waals surface area contributed by atoms with Crippen LogP contribution >= 0.6 is 23.2 Å². The molecule has 0 unspecified atom stereocenters. The summed E-state index contributed by atoms with van der Waals surface area (Å²) in [5.74, 6) is -0.305. The summed E-state index contributed by atoms with van der Waals surface area (Å²) in [6.45, 7) is 0.852. The zero-order valence-electron chi connectivity index (χ0n) is 12.6. The molecule has 0 aliphatic carbocycles. The molecule has 1 N–H and O–H groups in total. The minimum atomic E-state index is -0.305. The second-order valence-corrected chi connectivity index (χ2v) is 6.05. The van der Waals surface area contributed by atoms with Crippen LogP contribution in [0.2, 0.25) is 10.0 Å². The summed E-state index contributed by atoms with van der Waals surface area (Å²) < 4.78 is 1.62. The zero-order valence-corrected chi connectivity index (χ0v) is 14.1. The molecular weight excluding hydrogens is 347 g/mol. The van der Waals surface area contributed by atoms with Gasteiger partial charge in [0.2, 0.25) is 0 Å². The molecule has 0 radical (unpaired) electrons. The molecule has 0 saturated heterocycles. The van der Waals surface area contributed by atoms with Crippen LogP contribution in [-0.2, 0) is 13.1 Å². The van der Waals surface area contributed by atoms with Crippen LogP contribution in [-0.4, -0.2) is 20.9 Å². The van der Waals surface area contributed by atoms with E-state index in [0.29, 0.717) is 23.1 Å². The smallest absolute Gasteiger partial charge is 0.273 e. The summed E-state index contributed by atoms with van der Waals surface area (Å²) in [6.07, 6.45) is 1.62. The molecule has 0 fully saturated rings. The van der Waals surface area contributed by atoms with Gasteiger partial charge in [0.05, 0.1) is 12.7 Å². The van der Waals surface area contributed by atoms with Crippen LogP contribution in [0.1, 0.15) is 21.6 Å². The molecule has 0 atom stereocenters. The molecule has 1 amide bonds. The maximum Gasteiger partial charge on any atom is 0.273 e. The molecule has 122 valence electrons. The van der Waals surface area contributed by atoms with Gasteiger partial charge in [0, 0.05) is 16.6 Å². The van der Waals surface area contributed by atoms with Crippen molar-refractivity contribution in [2.45, 2.75) is 13.1 Å². The number of nitrogens with zero attached hydrogens (tertiary/aromatic N) is 3. The Morgan fingerprint density at radius 2 is 1.92 bits per heavy atom. The maximum atomic E-state index is 12.2. The van der Waals surface area contributed by atoms with Gasteiger partial charge in [-0.15, -0.1) is 5.10 Å². The Morgan fingerprint density at radius 3 is 2.67 bits per heavy atom. The van der Waals surface area contributed by atoms with Gasteiger partial charge in [-0.05, 0) is 23.3 Å². The molecule has 2 aromatic carbocycles. The number of benzene rings is 2. The summed E-state index contributed by atoms with van der Waals surface area (Å²) in [5, 5.41) is 11.7. The van der Waals surface area contributed by atoms with Gasteiger partial charge >= 0.3 is 0 Å². The third kappa shape index (κ3) is 4.13. The Hall–Kier alpha value is -2.37. The molecule has 3 aromatic rings. The van der Waals surface area contributed by atoms with Crippen molar-refractivity contribution < 1.29 is 4.79 Å². The first-order chi connectivity index (χ1) is 11.6. The third-order valence-electron chi connectivity index (χ3n) is 3.41. The van der Waals surface area contributed by atoms with E-state index in [9.17, 15) is 4.79 Å². The second-order valence-electron chi connectivity index (χ2n) is 5.21. The Morgan fingerprint density at radius 1 is 1.12 bits per heavy atom. The lowest BCUT2D eigenvalue weighted by atomic mass is 10.2. The SMILES string of the molecule is O=C(NCc1ccc(Cl)cc1Cl)c1cn(Cc2ccccc2)nn1. The lowest BCUT2D eigenvalue weighted by molar-refractivity contribution is 0.0946. The summed E-state index contributed by atoms with van der Waals surface area (Å²) >= 11 is 11.9. The van der Waals surface area contributed by atoms with Crippen LogP contribution in [0.5, 0.6) is 0 Å². The van der Waals surface area contributed by atoms with E-state index in [1.54, 1.807) is 29.1 Å². The van der Waals surface area contributed by atoms with Crippen molar-refractivity contribution in [3.8, 4) is 0 Å². The molecule has 0 aliphatic heterocycles. The van der Waals surface area contributed by atoms with Crippen LogP contribution in [0.15, 0.2) is 54.7 Å². The van der Waals surface area contributed by atoms with Gasteiger partial charge in [-0.1, -0.05) is 64.8 Å². The minimum absolute atomic E-state index is 0.260. The van der Waals surface area contributed by atoms with E-state index >= 15 is 0 Å². The van der Waals surface area contributed by atoms with Gasteiger partial charge in [0.1, 0.15) is 0 Å². The minimum Gasteiger partial charge on any atom is -0.346 e. The summed E-state index contributed by atoms with van der Waals surface area (Å²) in [4.78, 5) is 12.2. The first-order valence-electron chi connectivity index (χ1n) is 7.28. The van der Waals surface area contributed by atoms with E-state index in [1.165, 1.54) is 0 Å².